The van der Waals surface area contributed by atoms with Crippen molar-refractivity contribution < 1.29 is 9.21 Å². The third kappa shape index (κ3) is 2.64. The molecule has 23 heavy (non-hydrogen) atoms. The van der Waals surface area contributed by atoms with Crippen LogP contribution in [0.1, 0.15) is 27.7 Å². The van der Waals surface area contributed by atoms with Crippen molar-refractivity contribution >= 4 is 17.5 Å². The fourth-order valence-corrected chi connectivity index (χ4v) is 3.00. The summed E-state index contributed by atoms with van der Waals surface area (Å²) in [5, 5.41) is 3.65. The van der Waals surface area contributed by atoms with Crippen molar-refractivity contribution in [3.63, 3.8) is 0 Å². The Labute approximate surface area is 137 Å². The Morgan fingerprint density at radius 2 is 2.04 bits per heavy atom. The molecule has 0 radical (unpaired) electrons. The van der Waals surface area contributed by atoms with Crippen LogP contribution in [0.4, 0.5) is 0 Å². The number of rotatable bonds is 2. The van der Waals surface area contributed by atoms with Crippen molar-refractivity contribution in [2.24, 2.45) is 0 Å². The van der Waals surface area contributed by atoms with Crippen LogP contribution in [0.25, 0.3) is 11.4 Å². The number of furan rings is 1. The Hall–Kier alpha value is -2.53. The normalized spacial score (nSPS) is 17.4. The van der Waals surface area contributed by atoms with Crippen LogP contribution in [0.3, 0.4) is 0 Å². The molecular formula is C17H14ClN3O2. The standard InChI is InChI=1S/C17H14ClN3O2/c18-13-3-1-10(2-4-13)12-7-14-15(17(22)19-8-12)21-16(20-14)11-5-6-23-9-11/h1-6,9,12H,7-8H2,(H,19,22)(H,20,21). The van der Waals surface area contributed by atoms with E-state index in [-0.39, 0.29) is 11.8 Å². The highest BCUT2D eigenvalue weighted by Gasteiger charge is 2.26. The summed E-state index contributed by atoms with van der Waals surface area (Å²) < 4.78 is 5.08. The first-order valence-corrected chi connectivity index (χ1v) is 7.73. The number of aromatic nitrogens is 2. The van der Waals surface area contributed by atoms with Crippen LogP contribution in [0.15, 0.2) is 47.3 Å². The van der Waals surface area contributed by atoms with Gasteiger partial charge in [0.05, 0.1) is 11.8 Å². The molecule has 1 aromatic carbocycles. The molecule has 0 spiro atoms. The molecule has 4 rings (SSSR count). The second-order valence-electron chi connectivity index (χ2n) is 5.59. The van der Waals surface area contributed by atoms with Gasteiger partial charge >= 0.3 is 0 Å². The number of H-pyrrole nitrogens is 1. The van der Waals surface area contributed by atoms with Gasteiger partial charge in [0.25, 0.3) is 5.91 Å². The smallest absolute Gasteiger partial charge is 0.271 e. The molecule has 1 atom stereocenters. The van der Waals surface area contributed by atoms with Gasteiger partial charge < -0.3 is 14.7 Å². The third-order valence-corrected chi connectivity index (χ3v) is 4.34. The van der Waals surface area contributed by atoms with E-state index in [9.17, 15) is 4.79 Å². The summed E-state index contributed by atoms with van der Waals surface area (Å²) in [5.41, 5.74) is 3.27. The summed E-state index contributed by atoms with van der Waals surface area (Å²) in [6.07, 6.45) is 3.90. The number of nitrogens with zero attached hydrogens (tertiary/aromatic N) is 1. The number of aromatic amines is 1. The number of fused-ring (bicyclic) bond motifs is 1. The second-order valence-corrected chi connectivity index (χ2v) is 6.02. The van der Waals surface area contributed by atoms with E-state index in [0.29, 0.717) is 29.5 Å². The fourth-order valence-electron chi connectivity index (χ4n) is 2.87. The molecule has 1 aliphatic rings. The van der Waals surface area contributed by atoms with Crippen LogP contribution < -0.4 is 5.32 Å². The van der Waals surface area contributed by atoms with E-state index in [1.807, 2.05) is 30.3 Å². The minimum atomic E-state index is -0.151. The number of hydrogen-bond acceptors (Lipinski definition) is 3. The van der Waals surface area contributed by atoms with Crippen LogP contribution >= 0.6 is 11.6 Å². The number of imidazole rings is 1. The average Bonchev–Trinajstić information content (AvgIpc) is 3.19. The highest BCUT2D eigenvalue weighted by molar-refractivity contribution is 6.30. The van der Waals surface area contributed by atoms with E-state index in [1.54, 1.807) is 12.5 Å². The van der Waals surface area contributed by atoms with E-state index < -0.39 is 0 Å². The summed E-state index contributed by atoms with van der Waals surface area (Å²) in [7, 11) is 0. The summed E-state index contributed by atoms with van der Waals surface area (Å²) >= 11 is 5.95. The van der Waals surface area contributed by atoms with Crippen molar-refractivity contribution in [3.05, 3.63) is 64.8 Å². The first kappa shape index (κ1) is 14.1. The SMILES string of the molecule is O=C1NCC(c2ccc(Cl)cc2)Cc2[nH]c(-c3ccoc3)nc21. The van der Waals surface area contributed by atoms with Crippen molar-refractivity contribution in [2.45, 2.75) is 12.3 Å². The van der Waals surface area contributed by atoms with Gasteiger partial charge in [0, 0.05) is 23.2 Å². The molecule has 0 saturated carbocycles. The van der Waals surface area contributed by atoms with Gasteiger partial charge in [-0.3, -0.25) is 4.79 Å². The largest absolute Gasteiger partial charge is 0.472 e. The lowest BCUT2D eigenvalue weighted by molar-refractivity contribution is 0.0950. The number of amides is 1. The van der Waals surface area contributed by atoms with Gasteiger partial charge in [0.15, 0.2) is 0 Å². The molecule has 1 amide bonds. The first-order chi connectivity index (χ1) is 11.2. The van der Waals surface area contributed by atoms with E-state index in [2.05, 4.69) is 15.3 Å². The summed E-state index contributed by atoms with van der Waals surface area (Å²) in [6.45, 7) is 0.575. The van der Waals surface area contributed by atoms with Crippen LogP contribution in [0.2, 0.25) is 5.02 Å². The predicted octanol–water partition coefficient (Wildman–Crippen LogP) is 3.39. The van der Waals surface area contributed by atoms with Crippen molar-refractivity contribution in [1.82, 2.24) is 15.3 Å². The Kier molecular flexibility index (Phi) is 3.42. The number of nitrogens with one attached hydrogen (secondary N) is 2. The van der Waals surface area contributed by atoms with E-state index in [0.717, 1.165) is 16.8 Å². The zero-order valence-electron chi connectivity index (χ0n) is 12.2. The van der Waals surface area contributed by atoms with Crippen molar-refractivity contribution in [2.75, 3.05) is 6.54 Å². The summed E-state index contributed by atoms with van der Waals surface area (Å²) in [5.74, 6) is 0.674. The number of halogens is 1. The van der Waals surface area contributed by atoms with Crippen LogP contribution in [0.5, 0.6) is 0 Å². The van der Waals surface area contributed by atoms with Gasteiger partial charge in [0.1, 0.15) is 17.8 Å². The van der Waals surface area contributed by atoms with Gasteiger partial charge in [-0.2, -0.15) is 0 Å². The highest BCUT2D eigenvalue weighted by Crippen LogP contribution is 2.27. The lowest BCUT2D eigenvalue weighted by Crippen LogP contribution is -2.26. The van der Waals surface area contributed by atoms with Gasteiger partial charge in [0.2, 0.25) is 0 Å². The minimum absolute atomic E-state index is 0.151. The number of carbonyl (C=O) groups is 1. The van der Waals surface area contributed by atoms with Crippen LogP contribution in [-0.4, -0.2) is 22.4 Å². The zero-order chi connectivity index (χ0) is 15.8. The highest BCUT2D eigenvalue weighted by atomic mass is 35.5. The molecule has 1 aliphatic heterocycles. The maximum Gasteiger partial charge on any atom is 0.271 e. The van der Waals surface area contributed by atoms with Gasteiger partial charge in [-0.05, 0) is 30.2 Å². The predicted molar refractivity (Wildman–Crippen MR) is 86.5 cm³/mol. The number of carbonyl (C=O) groups excluding carboxylic acids is 1. The molecule has 2 N–H and O–H groups in total. The van der Waals surface area contributed by atoms with Crippen molar-refractivity contribution in [1.29, 1.82) is 0 Å². The Balaban J connectivity index is 1.69. The first-order valence-electron chi connectivity index (χ1n) is 7.36. The van der Waals surface area contributed by atoms with Gasteiger partial charge in [-0.1, -0.05) is 23.7 Å². The molecule has 116 valence electrons. The molecule has 5 nitrogen and oxygen atoms in total. The molecule has 0 aliphatic carbocycles. The Bertz CT molecular complexity index is 837. The zero-order valence-corrected chi connectivity index (χ0v) is 12.9. The molecule has 1 unspecified atom stereocenters. The average molecular weight is 328 g/mol. The van der Waals surface area contributed by atoms with Gasteiger partial charge in [-0.25, -0.2) is 4.98 Å². The topological polar surface area (TPSA) is 70.9 Å². The molecule has 3 heterocycles. The van der Waals surface area contributed by atoms with E-state index >= 15 is 0 Å². The van der Waals surface area contributed by atoms with Crippen molar-refractivity contribution in [3.8, 4) is 11.4 Å². The molecule has 0 bridgehead atoms. The molecule has 3 aromatic rings. The fraction of sp³-hybridized carbons (Fsp3) is 0.176. The summed E-state index contributed by atoms with van der Waals surface area (Å²) in [4.78, 5) is 20.0. The lowest BCUT2D eigenvalue weighted by Gasteiger charge is -2.14. The Morgan fingerprint density at radius 1 is 1.22 bits per heavy atom. The monoisotopic (exact) mass is 327 g/mol. The maximum absolute atomic E-state index is 12.3. The molecule has 0 fully saturated rings. The number of hydrogen-bond donors (Lipinski definition) is 2. The minimum Gasteiger partial charge on any atom is -0.472 e. The van der Waals surface area contributed by atoms with Gasteiger partial charge in [-0.15, -0.1) is 0 Å². The van der Waals surface area contributed by atoms with Crippen LogP contribution in [0, 0.1) is 0 Å². The quantitative estimate of drug-likeness (QED) is 0.758. The third-order valence-electron chi connectivity index (χ3n) is 4.09. The number of benzene rings is 1. The molecule has 0 saturated heterocycles. The second kappa shape index (κ2) is 5.59. The molecule has 2 aromatic heterocycles. The van der Waals surface area contributed by atoms with Crippen LogP contribution in [-0.2, 0) is 6.42 Å². The lowest BCUT2D eigenvalue weighted by atomic mass is 9.94. The molecular weight excluding hydrogens is 314 g/mol. The molecule has 6 heteroatoms. The van der Waals surface area contributed by atoms with E-state index in [4.69, 9.17) is 16.0 Å². The maximum atomic E-state index is 12.3. The Morgan fingerprint density at radius 3 is 2.78 bits per heavy atom. The summed E-state index contributed by atoms with van der Waals surface area (Å²) in [6, 6.07) is 9.55. The van der Waals surface area contributed by atoms with E-state index in [1.165, 1.54) is 0 Å².